The fourth-order valence-corrected chi connectivity index (χ4v) is 1.80. The summed E-state index contributed by atoms with van der Waals surface area (Å²) in [6.45, 7) is 3.21. The van der Waals surface area contributed by atoms with Gasteiger partial charge in [0.05, 0.1) is 6.07 Å². The fourth-order valence-electron chi connectivity index (χ4n) is 1.03. The van der Waals surface area contributed by atoms with Crippen LogP contribution in [0.3, 0.4) is 0 Å². The fraction of sp³-hybridized carbons (Fsp3) is 0.300. The third-order valence-corrected chi connectivity index (χ3v) is 3.48. The van der Waals surface area contributed by atoms with Crippen molar-refractivity contribution in [3.8, 4) is 6.07 Å². The summed E-state index contributed by atoms with van der Waals surface area (Å²) < 4.78 is 25.4. The van der Waals surface area contributed by atoms with Gasteiger partial charge in [0.1, 0.15) is 0 Å². The molecule has 1 aromatic rings. The van der Waals surface area contributed by atoms with E-state index in [1.165, 1.54) is 6.92 Å². The van der Waals surface area contributed by atoms with Gasteiger partial charge in [0.25, 0.3) is 0 Å². The average molecular weight is 224 g/mol. The predicted molar refractivity (Wildman–Crippen MR) is 58.8 cm³/mol. The molecule has 0 radical (unpaired) electrons. The summed E-state index contributed by atoms with van der Waals surface area (Å²) in [5.74, 6) is 0. The summed E-state index contributed by atoms with van der Waals surface area (Å²) in [5, 5.41) is 7.48. The number of hydrogen-bond donors (Lipinski definition) is 1. The van der Waals surface area contributed by atoms with Crippen LogP contribution in [-0.2, 0) is 10.0 Å². The molecule has 1 atom stereocenters. The molecule has 0 aliphatic carbocycles. The molecule has 1 rings (SSSR count). The molecule has 0 aliphatic heterocycles. The van der Waals surface area contributed by atoms with Crippen molar-refractivity contribution >= 4 is 15.7 Å². The highest BCUT2D eigenvalue weighted by molar-refractivity contribution is 7.93. The maximum atomic E-state index is 11.5. The molecule has 0 amide bonds. The molecule has 4 nitrogen and oxygen atoms in total. The van der Waals surface area contributed by atoms with Gasteiger partial charge >= 0.3 is 0 Å². The van der Waals surface area contributed by atoms with E-state index in [0.717, 1.165) is 5.56 Å². The highest BCUT2D eigenvalue weighted by Gasteiger charge is 2.19. The number of sulfonamides is 1. The van der Waals surface area contributed by atoms with E-state index in [-0.39, 0.29) is 0 Å². The van der Waals surface area contributed by atoms with Gasteiger partial charge in [0.2, 0.25) is 10.0 Å². The predicted octanol–water partition coefficient (Wildman–Crippen LogP) is 1.65. The Morgan fingerprint density at radius 3 is 2.67 bits per heavy atom. The van der Waals surface area contributed by atoms with Gasteiger partial charge in [-0.05, 0) is 31.5 Å². The topological polar surface area (TPSA) is 70.0 Å². The van der Waals surface area contributed by atoms with Crippen LogP contribution in [0.5, 0.6) is 0 Å². The first-order valence-corrected chi connectivity index (χ1v) is 5.98. The molecule has 80 valence electrons. The van der Waals surface area contributed by atoms with Crippen LogP contribution >= 0.6 is 0 Å². The minimum atomic E-state index is -3.59. The zero-order valence-electron chi connectivity index (χ0n) is 8.56. The minimum Gasteiger partial charge on any atom is -0.282 e. The normalized spacial score (nSPS) is 12.9. The van der Waals surface area contributed by atoms with Crippen molar-refractivity contribution in [2.75, 3.05) is 4.72 Å². The Morgan fingerprint density at radius 1 is 1.47 bits per heavy atom. The van der Waals surface area contributed by atoms with Crippen LogP contribution < -0.4 is 4.72 Å². The maximum absolute atomic E-state index is 11.5. The van der Waals surface area contributed by atoms with Crippen LogP contribution in [0.1, 0.15) is 12.5 Å². The number of nitrogens with one attached hydrogen (secondary N) is 1. The molecule has 1 unspecified atom stereocenters. The van der Waals surface area contributed by atoms with Gasteiger partial charge in [-0.25, -0.2) is 8.42 Å². The Balaban J connectivity index is 2.93. The quantitative estimate of drug-likeness (QED) is 0.848. The Kier molecular flexibility index (Phi) is 3.32. The van der Waals surface area contributed by atoms with Crippen molar-refractivity contribution in [2.24, 2.45) is 0 Å². The molecule has 0 spiro atoms. The lowest BCUT2D eigenvalue weighted by Gasteiger charge is -2.09. The molecule has 1 N–H and O–H groups in total. The number of aryl methyl sites for hydroxylation is 1. The van der Waals surface area contributed by atoms with Crippen LogP contribution in [0.4, 0.5) is 5.69 Å². The van der Waals surface area contributed by atoms with Crippen LogP contribution in [0.15, 0.2) is 24.3 Å². The van der Waals surface area contributed by atoms with Gasteiger partial charge in [-0.2, -0.15) is 5.26 Å². The summed E-state index contributed by atoms with van der Waals surface area (Å²) in [4.78, 5) is 0. The number of nitrogens with zero attached hydrogens (tertiary/aromatic N) is 1. The van der Waals surface area contributed by atoms with Crippen molar-refractivity contribution in [1.29, 1.82) is 5.26 Å². The lowest BCUT2D eigenvalue weighted by molar-refractivity contribution is 0.597. The van der Waals surface area contributed by atoms with Crippen LogP contribution in [0, 0.1) is 18.3 Å². The van der Waals surface area contributed by atoms with E-state index in [1.54, 1.807) is 24.3 Å². The van der Waals surface area contributed by atoms with Gasteiger partial charge in [-0.3, -0.25) is 4.72 Å². The van der Waals surface area contributed by atoms with Crippen molar-refractivity contribution in [2.45, 2.75) is 19.1 Å². The van der Waals surface area contributed by atoms with Crippen LogP contribution in [-0.4, -0.2) is 13.7 Å². The third-order valence-electron chi connectivity index (χ3n) is 1.93. The molecular formula is C10H12N2O2S. The molecule has 15 heavy (non-hydrogen) atoms. The number of benzene rings is 1. The summed E-state index contributed by atoms with van der Waals surface area (Å²) >= 11 is 0. The lowest BCUT2D eigenvalue weighted by atomic mass is 10.2. The standard InChI is InChI=1S/C10H12N2O2S/c1-8-4-3-5-10(6-8)12-15(13,14)9(2)7-11/h3-6,9,12H,1-2H3. The number of hydrogen-bond acceptors (Lipinski definition) is 3. The molecule has 0 bridgehead atoms. The van der Waals surface area contributed by atoms with Gasteiger partial charge in [-0.15, -0.1) is 0 Å². The van der Waals surface area contributed by atoms with Gasteiger partial charge < -0.3 is 0 Å². The Hall–Kier alpha value is -1.54. The van der Waals surface area contributed by atoms with Crippen LogP contribution in [0.2, 0.25) is 0 Å². The molecule has 0 heterocycles. The number of anilines is 1. The second-order valence-electron chi connectivity index (χ2n) is 3.29. The SMILES string of the molecule is Cc1cccc(NS(=O)(=O)C(C)C#N)c1. The summed E-state index contributed by atoms with van der Waals surface area (Å²) in [6, 6.07) is 8.67. The first-order valence-electron chi connectivity index (χ1n) is 4.43. The Bertz CT molecular complexity index is 488. The average Bonchev–Trinajstić information content (AvgIpc) is 2.15. The van der Waals surface area contributed by atoms with E-state index < -0.39 is 15.3 Å². The molecule has 0 saturated carbocycles. The highest BCUT2D eigenvalue weighted by Crippen LogP contribution is 2.13. The van der Waals surface area contributed by atoms with E-state index in [2.05, 4.69) is 4.72 Å². The molecule has 0 saturated heterocycles. The molecule has 5 heteroatoms. The minimum absolute atomic E-state index is 0.483. The highest BCUT2D eigenvalue weighted by atomic mass is 32.2. The van der Waals surface area contributed by atoms with Gasteiger partial charge in [0, 0.05) is 5.69 Å². The van der Waals surface area contributed by atoms with Gasteiger partial charge in [-0.1, -0.05) is 12.1 Å². The van der Waals surface area contributed by atoms with E-state index in [1.807, 2.05) is 13.0 Å². The molecule has 0 fully saturated rings. The molecule has 1 aromatic carbocycles. The summed E-state index contributed by atoms with van der Waals surface area (Å²) in [5.41, 5.74) is 1.44. The second kappa shape index (κ2) is 4.32. The maximum Gasteiger partial charge on any atom is 0.248 e. The Labute approximate surface area is 89.6 Å². The number of nitriles is 1. The first-order chi connectivity index (χ1) is 6.95. The lowest BCUT2D eigenvalue weighted by Crippen LogP contribution is -2.23. The molecule has 0 aromatic heterocycles. The second-order valence-corrected chi connectivity index (χ2v) is 5.29. The zero-order chi connectivity index (χ0) is 11.5. The monoisotopic (exact) mass is 224 g/mol. The summed E-state index contributed by atoms with van der Waals surface area (Å²) in [7, 11) is -3.59. The van der Waals surface area contributed by atoms with E-state index in [9.17, 15) is 8.42 Å². The van der Waals surface area contributed by atoms with Crippen molar-refractivity contribution in [3.63, 3.8) is 0 Å². The van der Waals surface area contributed by atoms with Gasteiger partial charge in [0.15, 0.2) is 5.25 Å². The molecular weight excluding hydrogens is 212 g/mol. The summed E-state index contributed by atoms with van der Waals surface area (Å²) in [6.07, 6.45) is 0. The first kappa shape index (κ1) is 11.5. The molecule has 0 aliphatic rings. The smallest absolute Gasteiger partial charge is 0.248 e. The third kappa shape index (κ3) is 2.96. The van der Waals surface area contributed by atoms with Crippen LogP contribution in [0.25, 0.3) is 0 Å². The van der Waals surface area contributed by atoms with E-state index in [4.69, 9.17) is 5.26 Å². The largest absolute Gasteiger partial charge is 0.282 e. The van der Waals surface area contributed by atoms with Crippen molar-refractivity contribution in [1.82, 2.24) is 0 Å². The van der Waals surface area contributed by atoms with E-state index in [0.29, 0.717) is 5.69 Å². The Morgan fingerprint density at radius 2 is 2.13 bits per heavy atom. The van der Waals surface area contributed by atoms with E-state index >= 15 is 0 Å². The zero-order valence-corrected chi connectivity index (χ0v) is 9.38. The van der Waals surface area contributed by atoms with Crippen molar-refractivity contribution in [3.05, 3.63) is 29.8 Å². The van der Waals surface area contributed by atoms with Crippen molar-refractivity contribution < 1.29 is 8.42 Å². The number of rotatable bonds is 3.